The van der Waals surface area contributed by atoms with Gasteiger partial charge in [-0.05, 0) is 6.42 Å². The lowest BCUT2D eigenvalue weighted by Crippen LogP contribution is -2.60. The van der Waals surface area contributed by atoms with E-state index in [0.29, 0.717) is 0 Å². The first-order chi connectivity index (χ1) is 4.25. The molecule has 1 unspecified atom stereocenters. The van der Waals surface area contributed by atoms with Gasteiger partial charge in [-0.1, -0.05) is 6.92 Å². The zero-order valence-electron chi connectivity index (χ0n) is 5.63. The standard InChI is InChI=1S/C6H12N2O/c1-2-3-8-4-5(7)6(8)9/h5H,2-4,7H2,1H3. The number of rotatable bonds is 2. The van der Waals surface area contributed by atoms with Crippen molar-refractivity contribution in [2.24, 2.45) is 5.73 Å². The Kier molecular flexibility index (Phi) is 1.71. The maximum Gasteiger partial charge on any atom is 0.241 e. The Labute approximate surface area is 54.8 Å². The summed E-state index contributed by atoms with van der Waals surface area (Å²) in [6.07, 6.45) is 1.03. The van der Waals surface area contributed by atoms with Crippen LogP contribution in [-0.4, -0.2) is 29.9 Å². The maximum absolute atomic E-state index is 10.8. The summed E-state index contributed by atoms with van der Waals surface area (Å²) < 4.78 is 0. The first-order valence-electron chi connectivity index (χ1n) is 3.30. The van der Waals surface area contributed by atoms with E-state index in [1.54, 1.807) is 4.90 Å². The molecule has 1 fully saturated rings. The first-order valence-corrected chi connectivity index (χ1v) is 3.30. The highest BCUT2D eigenvalue weighted by molar-refractivity contribution is 5.87. The van der Waals surface area contributed by atoms with E-state index in [2.05, 4.69) is 6.92 Å². The van der Waals surface area contributed by atoms with Crippen LogP contribution in [-0.2, 0) is 4.79 Å². The molecule has 3 nitrogen and oxygen atoms in total. The third-order valence-electron chi connectivity index (χ3n) is 1.54. The van der Waals surface area contributed by atoms with Crippen molar-refractivity contribution in [1.29, 1.82) is 0 Å². The summed E-state index contributed by atoms with van der Waals surface area (Å²) in [7, 11) is 0. The number of nitrogens with zero attached hydrogens (tertiary/aromatic N) is 1. The molecule has 1 atom stereocenters. The van der Waals surface area contributed by atoms with Crippen molar-refractivity contribution in [3.63, 3.8) is 0 Å². The van der Waals surface area contributed by atoms with Crippen molar-refractivity contribution in [3.05, 3.63) is 0 Å². The van der Waals surface area contributed by atoms with Crippen LogP contribution in [0.15, 0.2) is 0 Å². The summed E-state index contributed by atoms with van der Waals surface area (Å²) in [5, 5.41) is 0. The number of likely N-dealkylation sites (tertiary alicyclic amines) is 1. The van der Waals surface area contributed by atoms with Crippen LogP contribution in [0.25, 0.3) is 0 Å². The fraction of sp³-hybridized carbons (Fsp3) is 0.833. The number of β-lactam (4-membered cyclic amide) rings is 1. The van der Waals surface area contributed by atoms with E-state index in [1.807, 2.05) is 0 Å². The monoisotopic (exact) mass is 128 g/mol. The summed E-state index contributed by atoms with van der Waals surface area (Å²) in [4.78, 5) is 12.5. The zero-order valence-corrected chi connectivity index (χ0v) is 5.63. The second kappa shape index (κ2) is 2.35. The Morgan fingerprint density at radius 2 is 2.56 bits per heavy atom. The van der Waals surface area contributed by atoms with Crippen LogP contribution in [0.5, 0.6) is 0 Å². The lowest BCUT2D eigenvalue weighted by Gasteiger charge is -2.35. The van der Waals surface area contributed by atoms with Gasteiger partial charge in [0, 0.05) is 13.1 Å². The lowest BCUT2D eigenvalue weighted by atomic mass is 10.1. The van der Waals surface area contributed by atoms with Crippen LogP contribution in [0, 0.1) is 0 Å². The molecule has 0 aromatic rings. The molecule has 1 aliphatic heterocycles. The molecule has 1 rings (SSSR count). The summed E-state index contributed by atoms with van der Waals surface area (Å²) in [5.41, 5.74) is 5.35. The average Bonchev–Trinajstić information content (AvgIpc) is 1.88. The van der Waals surface area contributed by atoms with Gasteiger partial charge in [0.1, 0.15) is 6.04 Å². The number of carbonyl (C=O) groups excluding carboxylic acids is 1. The van der Waals surface area contributed by atoms with Gasteiger partial charge < -0.3 is 10.6 Å². The van der Waals surface area contributed by atoms with Gasteiger partial charge in [0.05, 0.1) is 0 Å². The maximum atomic E-state index is 10.8. The van der Waals surface area contributed by atoms with Gasteiger partial charge in [-0.2, -0.15) is 0 Å². The normalized spacial score (nSPS) is 26.2. The largest absolute Gasteiger partial charge is 0.339 e. The molecule has 0 radical (unpaired) electrons. The van der Waals surface area contributed by atoms with E-state index in [0.717, 1.165) is 19.5 Å². The fourth-order valence-corrected chi connectivity index (χ4v) is 0.999. The summed E-state index contributed by atoms with van der Waals surface area (Å²) in [5.74, 6) is 0.108. The van der Waals surface area contributed by atoms with E-state index in [4.69, 9.17) is 5.73 Å². The van der Waals surface area contributed by atoms with E-state index in [1.165, 1.54) is 0 Å². The number of amides is 1. The second-order valence-corrected chi connectivity index (χ2v) is 2.39. The number of hydrogen-bond donors (Lipinski definition) is 1. The van der Waals surface area contributed by atoms with Gasteiger partial charge >= 0.3 is 0 Å². The van der Waals surface area contributed by atoms with Crippen molar-refractivity contribution >= 4 is 5.91 Å². The molecule has 0 aromatic carbocycles. The zero-order chi connectivity index (χ0) is 6.85. The first kappa shape index (κ1) is 6.55. The minimum absolute atomic E-state index is 0.108. The fourth-order valence-electron chi connectivity index (χ4n) is 0.999. The smallest absolute Gasteiger partial charge is 0.241 e. The van der Waals surface area contributed by atoms with Gasteiger partial charge in [0.25, 0.3) is 0 Å². The Balaban J connectivity index is 2.25. The van der Waals surface area contributed by atoms with E-state index < -0.39 is 0 Å². The van der Waals surface area contributed by atoms with E-state index >= 15 is 0 Å². The van der Waals surface area contributed by atoms with Gasteiger partial charge in [-0.3, -0.25) is 4.79 Å². The Morgan fingerprint density at radius 3 is 2.89 bits per heavy atom. The summed E-state index contributed by atoms with van der Waals surface area (Å²) >= 11 is 0. The quantitative estimate of drug-likeness (QED) is 0.513. The third kappa shape index (κ3) is 1.05. The van der Waals surface area contributed by atoms with Crippen molar-refractivity contribution < 1.29 is 4.79 Å². The minimum atomic E-state index is -0.198. The van der Waals surface area contributed by atoms with Gasteiger partial charge in [-0.15, -0.1) is 0 Å². The Bertz CT molecular complexity index is 122. The second-order valence-electron chi connectivity index (χ2n) is 2.39. The molecule has 1 saturated heterocycles. The van der Waals surface area contributed by atoms with Gasteiger partial charge in [0.15, 0.2) is 0 Å². The van der Waals surface area contributed by atoms with Gasteiger partial charge in [-0.25, -0.2) is 0 Å². The Hall–Kier alpha value is -0.570. The molecule has 1 heterocycles. The number of carbonyl (C=O) groups is 1. The summed E-state index contributed by atoms with van der Waals surface area (Å²) in [6.45, 7) is 3.68. The predicted molar refractivity (Wildman–Crippen MR) is 34.8 cm³/mol. The van der Waals surface area contributed by atoms with Crippen LogP contribution < -0.4 is 5.73 Å². The van der Waals surface area contributed by atoms with Crippen LogP contribution in [0.3, 0.4) is 0 Å². The van der Waals surface area contributed by atoms with E-state index in [9.17, 15) is 4.79 Å². The topological polar surface area (TPSA) is 46.3 Å². The molecular weight excluding hydrogens is 116 g/mol. The molecule has 52 valence electrons. The van der Waals surface area contributed by atoms with Crippen molar-refractivity contribution in [2.45, 2.75) is 19.4 Å². The predicted octanol–water partition coefficient (Wildman–Crippen LogP) is -0.434. The molecule has 3 heteroatoms. The van der Waals surface area contributed by atoms with Crippen LogP contribution in [0.1, 0.15) is 13.3 Å². The average molecular weight is 128 g/mol. The Morgan fingerprint density at radius 1 is 1.89 bits per heavy atom. The molecular formula is C6H12N2O. The molecule has 1 amide bonds. The molecule has 1 aliphatic rings. The third-order valence-corrected chi connectivity index (χ3v) is 1.54. The number of hydrogen-bond acceptors (Lipinski definition) is 2. The number of nitrogens with two attached hydrogens (primary N) is 1. The highest BCUT2D eigenvalue weighted by atomic mass is 16.2. The molecule has 0 aromatic heterocycles. The molecule has 0 saturated carbocycles. The van der Waals surface area contributed by atoms with Crippen molar-refractivity contribution in [2.75, 3.05) is 13.1 Å². The summed E-state index contributed by atoms with van der Waals surface area (Å²) in [6, 6.07) is -0.198. The molecule has 2 N–H and O–H groups in total. The van der Waals surface area contributed by atoms with Crippen LogP contribution >= 0.6 is 0 Å². The highest BCUT2D eigenvalue weighted by Gasteiger charge is 2.31. The van der Waals surface area contributed by atoms with Crippen LogP contribution in [0.2, 0.25) is 0 Å². The van der Waals surface area contributed by atoms with Crippen LogP contribution in [0.4, 0.5) is 0 Å². The SMILES string of the molecule is CCCN1CC(N)C1=O. The lowest BCUT2D eigenvalue weighted by molar-refractivity contribution is -0.142. The molecule has 0 bridgehead atoms. The van der Waals surface area contributed by atoms with E-state index in [-0.39, 0.29) is 11.9 Å². The van der Waals surface area contributed by atoms with Gasteiger partial charge in [0.2, 0.25) is 5.91 Å². The van der Waals surface area contributed by atoms with Crippen molar-refractivity contribution in [3.8, 4) is 0 Å². The molecule has 0 spiro atoms. The molecule has 0 aliphatic carbocycles. The molecule has 9 heavy (non-hydrogen) atoms. The minimum Gasteiger partial charge on any atom is -0.339 e. The van der Waals surface area contributed by atoms with Crippen molar-refractivity contribution in [1.82, 2.24) is 4.90 Å². The highest BCUT2D eigenvalue weighted by Crippen LogP contribution is 2.06.